The lowest BCUT2D eigenvalue weighted by Crippen LogP contribution is -2.16. The summed E-state index contributed by atoms with van der Waals surface area (Å²) in [5, 5.41) is 0. The maximum absolute atomic E-state index is 5.25. The standard InChI is InChI=1S/C15H20N2O/c1-15(2)8-4-5-11(15)14-16-12-7-6-10(18-3)9-13(12)17-14/h6-7,9,11H,4-5,8H2,1-3H3,(H,16,17). The van der Waals surface area contributed by atoms with Crippen LogP contribution in [0, 0.1) is 5.41 Å². The van der Waals surface area contributed by atoms with Crippen LogP contribution in [0.25, 0.3) is 11.0 Å². The van der Waals surface area contributed by atoms with Crippen LogP contribution in [-0.4, -0.2) is 17.1 Å². The summed E-state index contributed by atoms with van der Waals surface area (Å²) in [4.78, 5) is 8.23. The second-order valence-electron chi connectivity index (χ2n) is 5.94. The Bertz CT molecular complexity index is 571. The predicted molar refractivity (Wildman–Crippen MR) is 73.0 cm³/mol. The largest absolute Gasteiger partial charge is 0.497 e. The lowest BCUT2D eigenvalue weighted by molar-refractivity contribution is 0.324. The number of fused-ring (bicyclic) bond motifs is 1. The first-order chi connectivity index (χ1) is 8.60. The molecule has 1 aliphatic carbocycles. The van der Waals surface area contributed by atoms with Crippen LogP contribution in [0.2, 0.25) is 0 Å². The van der Waals surface area contributed by atoms with Crippen LogP contribution in [0.1, 0.15) is 44.9 Å². The van der Waals surface area contributed by atoms with Gasteiger partial charge in [-0.15, -0.1) is 0 Å². The SMILES string of the molecule is COc1ccc2nc(C3CCCC3(C)C)[nH]c2c1. The number of H-pyrrole nitrogens is 1. The third-order valence-electron chi connectivity index (χ3n) is 4.29. The van der Waals surface area contributed by atoms with Crippen LogP contribution in [0.4, 0.5) is 0 Å². The van der Waals surface area contributed by atoms with E-state index in [0.717, 1.165) is 22.6 Å². The molecule has 1 atom stereocenters. The van der Waals surface area contributed by atoms with E-state index in [1.54, 1.807) is 7.11 Å². The normalized spacial score (nSPS) is 22.5. The van der Waals surface area contributed by atoms with Crippen LogP contribution < -0.4 is 4.74 Å². The number of methoxy groups -OCH3 is 1. The number of nitrogens with one attached hydrogen (secondary N) is 1. The molecule has 1 aliphatic rings. The Kier molecular flexibility index (Phi) is 2.58. The minimum Gasteiger partial charge on any atom is -0.497 e. The number of hydrogen-bond donors (Lipinski definition) is 1. The molecule has 1 N–H and O–H groups in total. The molecule has 0 radical (unpaired) electrons. The Hall–Kier alpha value is -1.51. The van der Waals surface area contributed by atoms with Crippen molar-refractivity contribution < 1.29 is 4.74 Å². The van der Waals surface area contributed by atoms with Crippen molar-refractivity contribution in [3.8, 4) is 5.75 Å². The van der Waals surface area contributed by atoms with Crippen molar-refractivity contribution in [2.24, 2.45) is 5.41 Å². The highest BCUT2D eigenvalue weighted by atomic mass is 16.5. The molecule has 1 fully saturated rings. The number of imidazole rings is 1. The van der Waals surface area contributed by atoms with Crippen LogP contribution in [0.5, 0.6) is 5.75 Å². The molecule has 0 aliphatic heterocycles. The highest BCUT2D eigenvalue weighted by Gasteiger charge is 2.37. The number of ether oxygens (including phenoxy) is 1. The first kappa shape index (κ1) is 11.6. The zero-order valence-electron chi connectivity index (χ0n) is 11.3. The van der Waals surface area contributed by atoms with Gasteiger partial charge in [0, 0.05) is 12.0 Å². The molecular formula is C15H20N2O. The Morgan fingerprint density at radius 2 is 2.22 bits per heavy atom. The molecule has 1 heterocycles. The number of rotatable bonds is 2. The number of benzene rings is 1. The lowest BCUT2D eigenvalue weighted by atomic mass is 9.81. The Balaban J connectivity index is 2.03. The van der Waals surface area contributed by atoms with Crippen LogP contribution >= 0.6 is 0 Å². The van der Waals surface area contributed by atoms with Gasteiger partial charge in [0.25, 0.3) is 0 Å². The molecule has 96 valence electrons. The van der Waals surface area contributed by atoms with E-state index in [2.05, 4.69) is 18.8 Å². The maximum Gasteiger partial charge on any atom is 0.121 e. The highest BCUT2D eigenvalue weighted by molar-refractivity contribution is 5.76. The van der Waals surface area contributed by atoms with Gasteiger partial charge in [0.1, 0.15) is 11.6 Å². The molecule has 3 rings (SSSR count). The lowest BCUT2D eigenvalue weighted by Gasteiger charge is -2.24. The quantitative estimate of drug-likeness (QED) is 0.871. The summed E-state index contributed by atoms with van der Waals surface area (Å²) in [7, 11) is 1.69. The second kappa shape index (κ2) is 4.01. The van der Waals surface area contributed by atoms with Gasteiger partial charge in [0.2, 0.25) is 0 Å². The van der Waals surface area contributed by atoms with E-state index in [0.29, 0.717) is 11.3 Å². The summed E-state index contributed by atoms with van der Waals surface area (Å²) >= 11 is 0. The minimum atomic E-state index is 0.359. The molecule has 0 spiro atoms. The molecule has 2 aromatic rings. The molecule has 1 unspecified atom stereocenters. The van der Waals surface area contributed by atoms with Gasteiger partial charge in [0.15, 0.2) is 0 Å². The van der Waals surface area contributed by atoms with Crippen molar-refractivity contribution in [1.82, 2.24) is 9.97 Å². The van der Waals surface area contributed by atoms with Crippen molar-refractivity contribution in [3.63, 3.8) is 0 Å². The molecule has 1 aromatic carbocycles. The van der Waals surface area contributed by atoms with E-state index in [1.807, 2.05) is 18.2 Å². The van der Waals surface area contributed by atoms with Gasteiger partial charge in [-0.05, 0) is 30.4 Å². The Morgan fingerprint density at radius 3 is 2.89 bits per heavy atom. The first-order valence-corrected chi connectivity index (χ1v) is 6.64. The predicted octanol–water partition coefficient (Wildman–Crippen LogP) is 3.87. The zero-order valence-corrected chi connectivity index (χ0v) is 11.3. The van der Waals surface area contributed by atoms with Gasteiger partial charge in [-0.3, -0.25) is 0 Å². The van der Waals surface area contributed by atoms with Crippen LogP contribution in [0.15, 0.2) is 18.2 Å². The highest BCUT2D eigenvalue weighted by Crippen LogP contribution is 2.48. The van der Waals surface area contributed by atoms with Gasteiger partial charge in [-0.1, -0.05) is 20.3 Å². The second-order valence-corrected chi connectivity index (χ2v) is 5.94. The van der Waals surface area contributed by atoms with Gasteiger partial charge in [-0.2, -0.15) is 0 Å². The van der Waals surface area contributed by atoms with E-state index >= 15 is 0 Å². The molecule has 1 aromatic heterocycles. The summed E-state index contributed by atoms with van der Waals surface area (Å²) in [6.45, 7) is 4.69. The maximum atomic E-state index is 5.25. The number of aromatic nitrogens is 2. The first-order valence-electron chi connectivity index (χ1n) is 6.64. The third-order valence-corrected chi connectivity index (χ3v) is 4.29. The smallest absolute Gasteiger partial charge is 0.121 e. The number of hydrogen-bond acceptors (Lipinski definition) is 2. The summed E-state index contributed by atoms with van der Waals surface area (Å²) in [6.07, 6.45) is 3.83. The number of aromatic amines is 1. The third kappa shape index (κ3) is 1.78. The van der Waals surface area contributed by atoms with E-state index in [9.17, 15) is 0 Å². The van der Waals surface area contributed by atoms with Gasteiger partial charge < -0.3 is 9.72 Å². The Morgan fingerprint density at radius 1 is 1.39 bits per heavy atom. The molecule has 0 saturated heterocycles. The summed E-state index contributed by atoms with van der Waals surface area (Å²) < 4.78 is 5.25. The Labute approximate surface area is 108 Å². The van der Waals surface area contributed by atoms with Crippen molar-refractivity contribution in [3.05, 3.63) is 24.0 Å². The fraction of sp³-hybridized carbons (Fsp3) is 0.533. The van der Waals surface area contributed by atoms with E-state index in [4.69, 9.17) is 9.72 Å². The van der Waals surface area contributed by atoms with Gasteiger partial charge in [0.05, 0.1) is 18.1 Å². The van der Waals surface area contributed by atoms with Gasteiger partial charge in [-0.25, -0.2) is 4.98 Å². The van der Waals surface area contributed by atoms with Crippen LogP contribution in [-0.2, 0) is 0 Å². The fourth-order valence-electron chi connectivity index (χ4n) is 3.13. The summed E-state index contributed by atoms with van der Waals surface area (Å²) in [6, 6.07) is 6.01. The monoisotopic (exact) mass is 244 g/mol. The molecule has 3 nitrogen and oxygen atoms in total. The number of nitrogens with zero attached hydrogens (tertiary/aromatic N) is 1. The van der Waals surface area contributed by atoms with E-state index in [-0.39, 0.29) is 0 Å². The molecular weight excluding hydrogens is 224 g/mol. The van der Waals surface area contributed by atoms with Crippen molar-refractivity contribution >= 4 is 11.0 Å². The van der Waals surface area contributed by atoms with E-state index < -0.39 is 0 Å². The van der Waals surface area contributed by atoms with Crippen LogP contribution in [0.3, 0.4) is 0 Å². The van der Waals surface area contributed by atoms with Gasteiger partial charge >= 0.3 is 0 Å². The van der Waals surface area contributed by atoms with Crippen molar-refractivity contribution in [2.45, 2.75) is 39.0 Å². The molecule has 18 heavy (non-hydrogen) atoms. The molecule has 1 saturated carbocycles. The van der Waals surface area contributed by atoms with Crippen molar-refractivity contribution in [1.29, 1.82) is 0 Å². The average Bonchev–Trinajstić information content (AvgIpc) is 2.90. The molecule has 0 amide bonds. The van der Waals surface area contributed by atoms with Crippen molar-refractivity contribution in [2.75, 3.05) is 7.11 Å². The average molecular weight is 244 g/mol. The zero-order chi connectivity index (χ0) is 12.8. The molecule has 3 heteroatoms. The summed E-state index contributed by atoms with van der Waals surface area (Å²) in [5.41, 5.74) is 2.47. The topological polar surface area (TPSA) is 37.9 Å². The minimum absolute atomic E-state index is 0.359. The van der Waals surface area contributed by atoms with E-state index in [1.165, 1.54) is 19.3 Å². The molecule has 0 bridgehead atoms. The fourth-order valence-corrected chi connectivity index (χ4v) is 3.13. The summed E-state index contributed by atoms with van der Waals surface area (Å²) in [5.74, 6) is 2.57.